The number of ether oxygens (including phenoxy) is 2. The summed E-state index contributed by atoms with van der Waals surface area (Å²) in [6.07, 6.45) is 1.38. The highest BCUT2D eigenvalue weighted by Gasteiger charge is 2.11. The minimum atomic E-state index is -0.536. The van der Waals surface area contributed by atoms with Gasteiger partial charge in [0.15, 0.2) is 6.61 Å². The van der Waals surface area contributed by atoms with Gasteiger partial charge in [0.05, 0.1) is 11.8 Å². The van der Waals surface area contributed by atoms with Crippen molar-refractivity contribution in [1.82, 2.24) is 5.43 Å². The summed E-state index contributed by atoms with van der Waals surface area (Å²) in [6.45, 7) is -0.231. The van der Waals surface area contributed by atoms with Crippen LogP contribution in [-0.2, 0) is 4.79 Å². The second-order valence-electron chi connectivity index (χ2n) is 5.97. The molecule has 0 aliphatic carbocycles. The fourth-order valence-electron chi connectivity index (χ4n) is 2.34. The Hall–Kier alpha value is -3.35. The Morgan fingerprint density at radius 2 is 1.70 bits per heavy atom. The lowest BCUT2D eigenvalue weighted by molar-refractivity contribution is -0.123. The van der Waals surface area contributed by atoms with E-state index >= 15 is 0 Å². The molecule has 1 N–H and O–H groups in total. The van der Waals surface area contributed by atoms with Crippen LogP contribution in [0.4, 0.5) is 0 Å². The van der Waals surface area contributed by atoms with Crippen LogP contribution in [0.3, 0.4) is 0 Å². The molecule has 3 aromatic carbocycles. The molecular weight excluding hydrogens is 427 g/mol. The molecule has 3 aromatic rings. The zero-order chi connectivity index (χ0) is 21.3. The van der Waals surface area contributed by atoms with E-state index in [1.807, 2.05) is 0 Å². The minimum absolute atomic E-state index is 0.231. The normalized spacial score (nSPS) is 10.6. The predicted molar refractivity (Wildman–Crippen MR) is 116 cm³/mol. The molecule has 0 fully saturated rings. The van der Waals surface area contributed by atoms with Gasteiger partial charge in [0.1, 0.15) is 11.5 Å². The van der Waals surface area contributed by atoms with Crippen LogP contribution in [0.25, 0.3) is 0 Å². The lowest BCUT2D eigenvalue weighted by Crippen LogP contribution is -2.24. The molecule has 30 heavy (non-hydrogen) atoms. The number of halogens is 2. The predicted octanol–water partition coefficient (Wildman–Crippen LogP) is 4.74. The maximum Gasteiger partial charge on any atom is 0.343 e. The fourth-order valence-corrected chi connectivity index (χ4v) is 2.64. The van der Waals surface area contributed by atoms with Crippen LogP contribution in [-0.4, -0.2) is 24.7 Å². The van der Waals surface area contributed by atoms with Gasteiger partial charge in [0, 0.05) is 15.6 Å². The summed E-state index contributed by atoms with van der Waals surface area (Å²) in [6, 6.07) is 19.9. The highest BCUT2D eigenvalue weighted by Crippen LogP contribution is 2.19. The van der Waals surface area contributed by atoms with E-state index in [-0.39, 0.29) is 6.61 Å². The van der Waals surface area contributed by atoms with Gasteiger partial charge in [-0.3, -0.25) is 4.79 Å². The third-order valence-corrected chi connectivity index (χ3v) is 4.25. The Morgan fingerprint density at radius 1 is 0.933 bits per heavy atom. The molecular formula is C22H16Cl2N2O4. The minimum Gasteiger partial charge on any atom is -0.484 e. The average molecular weight is 443 g/mol. The van der Waals surface area contributed by atoms with Gasteiger partial charge in [-0.15, -0.1) is 0 Å². The van der Waals surface area contributed by atoms with Crippen LogP contribution in [0.15, 0.2) is 77.9 Å². The Kier molecular flexibility index (Phi) is 7.43. The molecule has 0 aromatic heterocycles. The lowest BCUT2D eigenvalue weighted by atomic mass is 10.2. The van der Waals surface area contributed by atoms with Crippen LogP contribution >= 0.6 is 23.2 Å². The van der Waals surface area contributed by atoms with Gasteiger partial charge in [-0.2, -0.15) is 5.10 Å². The van der Waals surface area contributed by atoms with E-state index < -0.39 is 11.9 Å². The number of para-hydroxylation sites is 1. The monoisotopic (exact) mass is 442 g/mol. The van der Waals surface area contributed by atoms with E-state index in [2.05, 4.69) is 10.5 Å². The van der Waals surface area contributed by atoms with E-state index in [0.29, 0.717) is 32.7 Å². The van der Waals surface area contributed by atoms with Gasteiger partial charge in [-0.25, -0.2) is 10.2 Å². The van der Waals surface area contributed by atoms with Crippen molar-refractivity contribution in [2.24, 2.45) is 5.10 Å². The fraction of sp³-hybridized carbons (Fsp3) is 0.0455. The van der Waals surface area contributed by atoms with Crippen LogP contribution in [0.5, 0.6) is 11.5 Å². The van der Waals surface area contributed by atoms with Crippen LogP contribution in [0, 0.1) is 0 Å². The third kappa shape index (κ3) is 6.34. The highest BCUT2D eigenvalue weighted by atomic mass is 35.5. The number of esters is 1. The molecule has 152 valence electrons. The summed E-state index contributed by atoms with van der Waals surface area (Å²) in [5.74, 6) is -0.222. The lowest BCUT2D eigenvalue weighted by Gasteiger charge is -2.07. The van der Waals surface area contributed by atoms with Crippen molar-refractivity contribution in [1.29, 1.82) is 0 Å². The van der Waals surface area contributed by atoms with Crippen LogP contribution in [0.1, 0.15) is 15.9 Å². The highest BCUT2D eigenvalue weighted by molar-refractivity contribution is 6.31. The van der Waals surface area contributed by atoms with Gasteiger partial charge >= 0.3 is 5.97 Å². The van der Waals surface area contributed by atoms with Crippen LogP contribution in [0.2, 0.25) is 10.0 Å². The first-order valence-corrected chi connectivity index (χ1v) is 9.54. The summed E-state index contributed by atoms with van der Waals surface area (Å²) < 4.78 is 10.8. The molecule has 0 saturated heterocycles. The molecule has 0 aliphatic rings. The van der Waals surface area contributed by atoms with Gasteiger partial charge in [-0.1, -0.05) is 41.4 Å². The van der Waals surface area contributed by atoms with Crippen molar-refractivity contribution in [3.05, 3.63) is 94.0 Å². The number of hydrogen-bond donors (Lipinski definition) is 1. The number of nitrogens with zero attached hydrogens (tertiary/aromatic N) is 1. The van der Waals surface area contributed by atoms with Gasteiger partial charge < -0.3 is 9.47 Å². The second-order valence-corrected chi connectivity index (χ2v) is 6.85. The molecule has 0 spiro atoms. The van der Waals surface area contributed by atoms with Crippen molar-refractivity contribution in [3.63, 3.8) is 0 Å². The number of rotatable bonds is 7. The van der Waals surface area contributed by atoms with Crippen molar-refractivity contribution < 1.29 is 19.1 Å². The number of benzene rings is 3. The van der Waals surface area contributed by atoms with Gasteiger partial charge in [0.2, 0.25) is 0 Å². The molecule has 8 heteroatoms. The average Bonchev–Trinajstić information content (AvgIpc) is 2.74. The van der Waals surface area contributed by atoms with Crippen molar-refractivity contribution in [2.45, 2.75) is 0 Å². The number of amides is 1. The van der Waals surface area contributed by atoms with Gasteiger partial charge in [-0.05, 0) is 54.6 Å². The Labute approximate surface area is 183 Å². The largest absolute Gasteiger partial charge is 0.484 e. The van der Waals surface area contributed by atoms with Crippen LogP contribution < -0.4 is 14.9 Å². The standard InChI is InChI=1S/C22H16Cl2N2O4/c23-17-10-8-15(9-11-17)22(28)30-20-7-2-1-4-16(20)13-25-26-21(27)14-29-19-6-3-5-18(24)12-19/h1-13H,14H2,(H,26,27)/b25-13-. The van der Waals surface area contributed by atoms with Crippen molar-refractivity contribution in [3.8, 4) is 11.5 Å². The molecule has 0 unspecified atom stereocenters. The Balaban J connectivity index is 1.57. The van der Waals surface area contributed by atoms with E-state index in [0.717, 1.165) is 0 Å². The molecule has 3 rings (SSSR count). The molecule has 0 radical (unpaired) electrons. The van der Waals surface area contributed by atoms with E-state index in [1.54, 1.807) is 72.8 Å². The maximum atomic E-state index is 12.3. The van der Waals surface area contributed by atoms with Crippen molar-refractivity contribution in [2.75, 3.05) is 6.61 Å². The topological polar surface area (TPSA) is 77.0 Å². The Morgan fingerprint density at radius 3 is 2.47 bits per heavy atom. The molecule has 0 saturated carbocycles. The van der Waals surface area contributed by atoms with Gasteiger partial charge in [0.25, 0.3) is 5.91 Å². The Bertz CT molecular complexity index is 1070. The van der Waals surface area contributed by atoms with E-state index in [4.69, 9.17) is 32.7 Å². The number of hydrazone groups is 1. The summed E-state index contributed by atoms with van der Waals surface area (Å²) in [5, 5.41) is 4.92. The molecule has 0 aliphatic heterocycles. The zero-order valence-electron chi connectivity index (χ0n) is 15.5. The number of nitrogens with one attached hydrogen (secondary N) is 1. The molecule has 1 amide bonds. The molecule has 0 bridgehead atoms. The van der Waals surface area contributed by atoms with Crippen molar-refractivity contribution >= 4 is 41.3 Å². The second kappa shape index (κ2) is 10.4. The quantitative estimate of drug-likeness (QED) is 0.248. The molecule has 0 atom stereocenters. The maximum absolute atomic E-state index is 12.3. The molecule has 6 nitrogen and oxygen atoms in total. The molecule has 0 heterocycles. The number of hydrogen-bond acceptors (Lipinski definition) is 5. The first-order valence-electron chi connectivity index (χ1n) is 8.78. The number of carbonyl (C=O) groups is 2. The number of carbonyl (C=O) groups excluding carboxylic acids is 2. The summed E-state index contributed by atoms with van der Waals surface area (Å²) in [5.41, 5.74) is 3.22. The zero-order valence-corrected chi connectivity index (χ0v) is 17.1. The van der Waals surface area contributed by atoms with E-state index in [9.17, 15) is 9.59 Å². The third-order valence-electron chi connectivity index (χ3n) is 3.76. The summed E-state index contributed by atoms with van der Waals surface area (Å²) >= 11 is 11.7. The first-order chi connectivity index (χ1) is 14.5. The first kappa shape index (κ1) is 21.4. The van der Waals surface area contributed by atoms with E-state index in [1.165, 1.54) is 6.21 Å². The smallest absolute Gasteiger partial charge is 0.343 e. The SMILES string of the molecule is O=C(COc1cccc(Cl)c1)N/N=C\c1ccccc1OC(=O)c1ccc(Cl)cc1. The summed E-state index contributed by atoms with van der Waals surface area (Å²) in [7, 11) is 0. The summed E-state index contributed by atoms with van der Waals surface area (Å²) in [4.78, 5) is 24.2.